The highest BCUT2D eigenvalue weighted by atomic mass is 79.9. The van der Waals surface area contributed by atoms with Gasteiger partial charge in [0.2, 0.25) is 5.95 Å². The highest BCUT2D eigenvalue weighted by Crippen LogP contribution is 2.22. The molecule has 9 nitrogen and oxygen atoms in total. The van der Waals surface area contributed by atoms with Crippen LogP contribution in [-0.2, 0) is 9.53 Å². The number of nitrogens with one attached hydrogen (secondary N) is 2. The number of methoxy groups -OCH3 is 1. The van der Waals surface area contributed by atoms with E-state index in [1.54, 1.807) is 42.5 Å². The van der Waals surface area contributed by atoms with E-state index in [4.69, 9.17) is 4.74 Å². The number of nitriles is 1. The number of carbonyl (C=O) groups is 1. The Morgan fingerprint density at radius 2 is 2.10 bits per heavy atom. The number of hydrazone groups is 1. The third-order valence-electron chi connectivity index (χ3n) is 4.00. The van der Waals surface area contributed by atoms with Gasteiger partial charge in [0.1, 0.15) is 17.4 Å². The normalized spacial score (nSPS) is 10.5. The first kappa shape index (κ1) is 21.7. The van der Waals surface area contributed by atoms with Gasteiger partial charge >= 0.3 is 5.97 Å². The lowest BCUT2D eigenvalue weighted by Gasteiger charge is -2.09. The third-order valence-corrected chi connectivity index (χ3v) is 4.49. The molecule has 0 bridgehead atoms. The van der Waals surface area contributed by atoms with Crippen LogP contribution >= 0.6 is 15.9 Å². The summed E-state index contributed by atoms with van der Waals surface area (Å²) in [5.41, 5.74) is 3.41. The minimum atomic E-state index is -0.585. The molecular weight excluding hydrogens is 466 g/mol. The van der Waals surface area contributed by atoms with Gasteiger partial charge in [-0.15, -0.1) is 0 Å². The molecule has 0 aliphatic heterocycles. The summed E-state index contributed by atoms with van der Waals surface area (Å²) in [4.78, 5) is 30.4. The number of esters is 1. The fourth-order valence-corrected chi connectivity index (χ4v) is 2.92. The first-order valence-electron chi connectivity index (χ1n) is 8.90. The Morgan fingerprint density at radius 1 is 1.32 bits per heavy atom. The molecule has 0 saturated carbocycles. The zero-order valence-corrected chi connectivity index (χ0v) is 17.8. The van der Waals surface area contributed by atoms with Gasteiger partial charge in [0.25, 0.3) is 5.56 Å². The molecule has 0 amide bonds. The molecule has 0 aliphatic rings. The van der Waals surface area contributed by atoms with Crippen molar-refractivity contribution in [1.29, 1.82) is 5.26 Å². The van der Waals surface area contributed by atoms with E-state index in [-0.39, 0.29) is 23.8 Å². The number of hydrogen-bond acceptors (Lipinski definition) is 8. The van der Waals surface area contributed by atoms with Crippen molar-refractivity contribution in [2.45, 2.75) is 0 Å². The standard InChI is InChI=1S/C21H16BrN5O4/c1-30-18(28)12-31-17-8-7-15(22)9-14(17)11-24-27-21-25-19(13-5-3-2-4-6-13)16(10-23)20(29)26-21/h2-9,11H,12H2,1H3,(H2,25,26,27,29). The number of rotatable bonds is 7. The number of hydrogen-bond donors (Lipinski definition) is 2. The molecule has 3 rings (SSSR count). The van der Waals surface area contributed by atoms with Crippen LogP contribution in [0.4, 0.5) is 5.95 Å². The van der Waals surface area contributed by atoms with E-state index in [9.17, 15) is 14.9 Å². The van der Waals surface area contributed by atoms with Crippen molar-refractivity contribution in [3.05, 3.63) is 74.5 Å². The molecule has 0 fully saturated rings. The van der Waals surface area contributed by atoms with Gasteiger partial charge < -0.3 is 9.47 Å². The summed E-state index contributed by atoms with van der Waals surface area (Å²) in [5, 5.41) is 13.4. The number of anilines is 1. The summed E-state index contributed by atoms with van der Waals surface area (Å²) < 4.78 is 10.8. The van der Waals surface area contributed by atoms with Crippen LogP contribution < -0.4 is 15.7 Å². The number of ether oxygens (including phenoxy) is 2. The summed E-state index contributed by atoms with van der Waals surface area (Å²) in [7, 11) is 1.27. The molecule has 10 heteroatoms. The van der Waals surface area contributed by atoms with E-state index in [1.165, 1.54) is 13.3 Å². The molecule has 3 aromatic rings. The van der Waals surface area contributed by atoms with Crippen molar-refractivity contribution in [3.63, 3.8) is 0 Å². The Labute approximate surface area is 185 Å². The summed E-state index contributed by atoms with van der Waals surface area (Å²) in [6.07, 6.45) is 1.44. The number of aromatic nitrogens is 2. The highest BCUT2D eigenvalue weighted by molar-refractivity contribution is 9.10. The second-order valence-electron chi connectivity index (χ2n) is 6.03. The van der Waals surface area contributed by atoms with Crippen molar-refractivity contribution in [3.8, 4) is 23.1 Å². The molecule has 0 atom stereocenters. The largest absolute Gasteiger partial charge is 0.481 e. The van der Waals surface area contributed by atoms with Gasteiger partial charge in [0.15, 0.2) is 6.61 Å². The van der Waals surface area contributed by atoms with Crippen molar-refractivity contribution < 1.29 is 14.3 Å². The van der Waals surface area contributed by atoms with Crippen molar-refractivity contribution in [1.82, 2.24) is 9.97 Å². The smallest absolute Gasteiger partial charge is 0.343 e. The lowest BCUT2D eigenvalue weighted by Crippen LogP contribution is -2.16. The zero-order chi connectivity index (χ0) is 22.2. The van der Waals surface area contributed by atoms with E-state index in [0.717, 1.165) is 4.47 Å². The molecule has 156 valence electrons. The number of aromatic amines is 1. The molecule has 1 aromatic heterocycles. The molecule has 0 spiro atoms. The molecule has 2 N–H and O–H groups in total. The number of H-pyrrole nitrogens is 1. The fourth-order valence-electron chi connectivity index (χ4n) is 2.55. The molecule has 0 radical (unpaired) electrons. The number of benzene rings is 2. The average Bonchev–Trinajstić information content (AvgIpc) is 2.78. The van der Waals surface area contributed by atoms with Gasteiger partial charge in [-0.25, -0.2) is 15.2 Å². The predicted molar refractivity (Wildman–Crippen MR) is 118 cm³/mol. The minimum absolute atomic E-state index is 0.0612. The molecule has 2 aromatic carbocycles. The molecule has 0 unspecified atom stereocenters. The van der Waals surface area contributed by atoms with Gasteiger partial charge in [-0.1, -0.05) is 46.3 Å². The summed E-state index contributed by atoms with van der Waals surface area (Å²) >= 11 is 3.37. The third kappa shape index (κ3) is 5.55. The monoisotopic (exact) mass is 481 g/mol. The van der Waals surface area contributed by atoms with Gasteiger partial charge in [0, 0.05) is 15.6 Å². The van der Waals surface area contributed by atoms with Crippen LogP contribution in [0.2, 0.25) is 0 Å². The van der Waals surface area contributed by atoms with Gasteiger partial charge in [-0.2, -0.15) is 10.4 Å². The first-order valence-corrected chi connectivity index (χ1v) is 9.69. The van der Waals surface area contributed by atoms with E-state index in [0.29, 0.717) is 16.9 Å². The summed E-state index contributed by atoms with van der Waals surface area (Å²) in [6, 6.07) is 15.9. The van der Waals surface area contributed by atoms with Gasteiger partial charge in [-0.05, 0) is 18.2 Å². The number of halogens is 1. The number of nitrogens with zero attached hydrogens (tertiary/aromatic N) is 3. The molecule has 1 heterocycles. The first-order chi connectivity index (χ1) is 15.0. The second kappa shape index (κ2) is 10.2. The predicted octanol–water partition coefficient (Wildman–Crippen LogP) is 3.07. The number of carbonyl (C=O) groups excluding carboxylic acids is 1. The fraction of sp³-hybridized carbons (Fsp3) is 0.0952. The summed E-state index contributed by atoms with van der Waals surface area (Å²) in [6.45, 7) is -0.253. The van der Waals surface area contributed by atoms with E-state index in [1.807, 2.05) is 12.1 Å². The molecule has 0 saturated heterocycles. The van der Waals surface area contributed by atoms with E-state index < -0.39 is 11.5 Å². The van der Waals surface area contributed by atoms with Crippen LogP contribution in [0, 0.1) is 11.3 Å². The highest BCUT2D eigenvalue weighted by Gasteiger charge is 2.13. The lowest BCUT2D eigenvalue weighted by molar-refractivity contribution is -0.142. The Bertz CT molecular complexity index is 1220. The topological polar surface area (TPSA) is 129 Å². The van der Waals surface area contributed by atoms with Crippen molar-refractivity contribution in [2.75, 3.05) is 19.1 Å². The van der Waals surface area contributed by atoms with Crippen molar-refractivity contribution >= 4 is 34.1 Å². The molecule has 0 aliphatic carbocycles. The maximum absolute atomic E-state index is 12.3. The average molecular weight is 482 g/mol. The zero-order valence-electron chi connectivity index (χ0n) is 16.3. The maximum atomic E-state index is 12.3. The van der Waals surface area contributed by atoms with Crippen LogP contribution in [-0.4, -0.2) is 35.9 Å². The SMILES string of the molecule is COC(=O)COc1ccc(Br)cc1C=NNc1nc(-c2ccccc2)c(C#N)c(=O)[nH]1. The van der Waals surface area contributed by atoms with Crippen LogP contribution in [0.15, 0.2) is 62.9 Å². The van der Waals surface area contributed by atoms with Gasteiger partial charge in [0.05, 0.1) is 19.0 Å². The minimum Gasteiger partial charge on any atom is -0.481 e. The van der Waals surface area contributed by atoms with Crippen LogP contribution in [0.25, 0.3) is 11.3 Å². The van der Waals surface area contributed by atoms with Crippen LogP contribution in [0.5, 0.6) is 5.75 Å². The molecular formula is C21H16BrN5O4. The lowest BCUT2D eigenvalue weighted by atomic mass is 10.1. The van der Waals surface area contributed by atoms with Crippen LogP contribution in [0.1, 0.15) is 11.1 Å². The van der Waals surface area contributed by atoms with Crippen molar-refractivity contribution in [2.24, 2.45) is 5.10 Å². The Hall–Kier alpha value is -3.97. The van der Waals surface area contributed by atoms with Gasteiger partial charge in [-0.3, -0.25) is 9.78 Å². The second-order valence-corrected chi connectivity index (χ2v) is 6.95. The van der Waals surface area contributed by atoms with E-state index >= 15 is 0 Å². The Balaban J connectivity index is 1.86. The Morgan fingerprint density at radius 3 is 2.81 bits per heavy atom. The Kier molecular flexibility index (Phi) is 7.13. The molecule has 31 heavy (non-hydrogen) atoms. The van der Waals surface area contributed by atoms with E-state index in [2.05, 4.69) is 41.2 Å². The summed E-state index contributed by atoms with van der Waals surface area (Å²) in [5.74, 6) is -0.0479. The maximum Gasteiger partial charge on any atom is 0.343 e. The van der Waals surface area contributed by atoms with Crippen LogP contribution in [0.3, 0.4) is 0 Å². The quantitative estimate of drug-likeness (QED) is 0.301.